The summed E-state index contributed by atoms with van der Waals surface area (Å²) < 4.78 is 39.3. The molecule has 0 aliphatic heterocycles. The van der Waals surface area contributed by atoms with Gasteiger partial charge in [-0.25, -0.2) is 17.5 Å². The molecule has 0 fully saturated rings. The van der Waals surface area contributed by atoms with Crippen molar-refractivity contribution in [3.05, 3.63) is 30.1 Å². The Morgan fingerprint density at radius 1 is 1.29 bits per heavy atom. The molecule has 6 heteroatoms. The number of rotatable bonds is 6. The van der Waals surface area contributed by atoms with E-state index in [-0.39, 0.29) is 17.4 Å². The molecule has 17 heavy (non-hydrogen) atoms. The average molecular weight is 260 g/mol. The highest BCUT2D eigenvalue weighted by molar-refractivity contribution is 7.89. The summed E-state index contributed by atoms with van der Waals surface area (Å²) in [6.07, 6.45) is 0. The number of hydrogen-bond acceptors (Lipinski definition) is 3. The molecule has 0 aliphatic rings. The summed E-state index contributed by atoms with van der Waals surface area (Å²) in [5.74, 6) is -0.595. The maximum atomic E-state index is 13.3. The van der Waals surface area contributed by atoms with E-state index in [0.717, 1.165) is 6.07 Å². The van der Waals surface area contributed by atoms with Crippen molar-refractivity contribution in [1.82, 2.24) is 10.0 Å². The lowest BCUT2D eigenvalue weighted by atomic mass is 10.2. The number of sulfonamides is 1. The fourth-order valence-electron chi connectivity index (χ4n) is 1.41. The molecule has 0 saturated carbocycles. The van der Waals surface area contributed by atoms with Crippen LogP contribution in [0.1, 0.15) is 6.92 Å². The van der Waals surface area contributed by atoms with E-state index in [1.807, 2.05) is 6.92 Å². The molecule has 0 saturated heterocycles. The molecule has 1 aromatic rings. The van der Waals surface area contributed by atoms with Crippen molar-refractivity contribution in [2.45, 2.75) is 11.8 Å². The van der Waals surface area contributed by atoms with Gasteiger partial charge in [0.05, 0.1) is 0 Å². The Labute approximate surface area is 101 Å². The van der Waals surface area contributed by atoms with Crippen LogP contribution in [-0.4, -0.2) is 28.6 Å². The number of halogens is 1. The van der Waals surface area contributed by atoms with Crippen molar-refractivity contribution < 1.29 is 12.8 Å². The summed E-state index contributed by atoms with van der Waals surface area (Å²) in [4.78, 5) is -0.309. The number of benzene rings is 1. The molecule has 4 nitrogen and oxygen atoms in total. The topological polar surface area (TPSA) is 58.2 Å². The van der Waals surface area contributed by atoms with Gasteiger partial charge >= 0.3 is 0 Å². The van der Waals surface area contributed by atoms with Crippen LogP contribution in [0.5, 0.6) is 0 Å². The Balaban J connectivity index is 2.73. The number of hydrogen-bond donors (Lipinski definition) is 2. The van der Waals surface area contributed by atoms with Crippen LogP contribution in [0.2, 0.25) is 0 Å². The molecular formula is C11H17FN2O2S. The van der Waals surface area contributed by atoms with Crippen molar-refractivity contribution in [3.8, 4) is 0 Å². The zero-order valence-electron chi connectivity index (χ0n) is 9.90. The van der Waals surface area contributed by atoms with E-state index in [1.54, 1.807) is 7.05 Å². The highest BCUT2D eigenvalue weighted by Crippen LogP contribution is 2.13. The lowest BCUT2D eigenvalue weighted by Gasteiger charge is -2.12. The highest BCUT2D eigenvalue weighted by atomic mass is 32.2. The molecular weight excluding hydrogens is 243 g/mol. The van der Waals surface area contributed by atoms with Gasteiger partial charge in [-0.15, -0.1) is 0 Å². The van der Waals surface area contributed by atoms with Gasteiger partial charge in [0, 0.05) is 6.54 Å². The second-order valence-corrected chi connectivity index (χ2v) is 5.68. The quantitative estimate of drug-likeness (QED) is 0.801. The van der Waals surface area contributed by atoms with E-state index in [4.69, 9.17) is 0 Å². The summed E-state index contributed by atoms with van der Waals surface area (Å²) >= 11 is 0. The average Bonchev–Trinajstić information content (AvgIpc) is 2.27. The third-order valence-electron chi connectivity index (χ3n) is 2.30. The minimum Gasteiger partial charge on any atom is -0.319 e. The van der Waals surface area contributed by atoms with Gasteiger partial charge in [-0.2, -0.15) is 0 Å². The standard InChI is InChI=1S/C11H17FN2O2S/c1-9(7-13-2)8-14-17(15,16)11-6-4-3-5-10(11)12/h3-6,9,13-14H,7-8H2,1-2H3. The van der Waals surface area contributed by atoms with Gasteiger partial charge in [0.1, 0.15) is 10.7 Å². The van der Waals surface area contributed by atoms with Gasteiger partial charge in [0.25, 0.3) is 0 Å². The van der Waals surface area contributed by atoms with Gasteiger partial charge in [0.15, 0.2) is 0 Å². The second kappa shape index (κ2) is 6.09. The van der Waals surface area contributed by atoms with Gasteiger partial charge in [0.2, 0.25) is 10.0 Å². The van der Waals surface area contributed by atoms with E-state index in [0.29, 0.717) is 6.54 Å². The van der Waals surface area contributed by atoms with E-state index >= 15 is 0 Å². The van der Waals surface area contributed by atoms with Crippen LogP contribution in [0.25, 0.3) is 0 Å². The maximum absolute atomic E-state index is 13.3. The molecule has 0 aromatic heterocycles. The summed E-state index contributed by atoms with van der Waals surface area (Å²) in [6.45, 7) is 2.87. The van der Waals surface area contributed by atoms with Crippen molar-refractivity contribution in [2.24, 2.45) is 5.92 Å². The van der Waals surface area contributed by atoms with Crippen LogP contribution in [-0.2, 0) is 10.0 Å². The molecule has 96 valence electrons. The van der Waals surface area contributed by atoms with E-state index < -0.39 is 15.8 Å². The smallest absolute Gasteiger partial charge is 0.243 e. The Kier molecular flexibility index (Phi) is 5.04. The highest BCUT2D eigenvalue weighted by Gasteiger charge is 2.18. The van der Waals surface area contributed by atoms with E-state index in [1.165, 1.54) is 18.2 Å². The molecule has 1 atom stereocenters. The van der Waals surface area contributed by atoms with E-state index in [9.17, 15) is 12.8 Å². The molecule has 0 spiro atoms. The summed E-state index contributed by atoms with van der Waals surface area (Å²) in [5, 5.41) is 2.95. The molecule has 0 heterocycles. The maximum Gasteiger partial charge on any atom is 0.243 e. The van der Waals surface area contributed by atoms with Crippen LogP contribution < -0.4 is 10.0 Å². The third-order valence-corrected chi connectivity index (χ3v) is 3.76. The normalized spacial score (nSPS) is 13.6. The van der Waals surface area contributed by atoms with Crippen molar-refractivity contribution in [1.29, 1.82) is 0 Å². The van der Waals surface area contributed by atoms with Crippen molar-refractivity contribution in [3.63, 3.8) is 0 Å². The Morgan fingerprint density at radius 3 is 2.53 bits per heavy atom. The molecule has 0 amide bonds. The minimum atomic E-state index is -3.76. The van der Waals surface area contributed by atoms with Crippen LogP contribution in [0.4, 0.5) is 4.39 Å². The molecule has 1 rings (SSSR count). The largest absolute Gasteiger partial charge is 0.319 e. The predicted molar refractivity (Wildman–Crippen MR) is 64.7 cm³/mol. The number of nitrogens with one attached hydrogen (secondary N) is 2. The van der Waals surface area contributed by atoms with Crippen LogP contribution in [0.15, 0.2) is 29.2 Å². The van der Waals surface area contributed by atoms with Crippen LogP contribution >= 0.6 is 0 Å². The van der Waals surface area contributed by atoms with Crippen LogP contribution in [0.3, 0.4) is 0 Å². The van der Waals surface area contributed by atoms with Crippen molar-refractivity contribution in [2.75, 3.05) is 20.1 Å². The Bertz CT molecular complexity index is 462. The SMILES string of the molecule is CNCC(C)CNS(=O)(=O)c1ccccc1F. The predicted octanol–water partition coefficient (Wildman–Crippen LogP) is 0.960. The van der Waals surface area contributed by atoms with E-state index in [2.05, 4.69) is 10.0 Å². The molecule has 2 N–H and O–H groups in total. The summed E-state index contributed by atoms with van der Waals surface area (Å²) in [7, 11) is -1.96. The van der Waals surface area contributed by atoms with Gasteiger partial charge in [-0.3, -0.25) is 0 Å². The summed E-state index contributed by atoms with van der Waals surface area (Å²) in [6, 6.07) is 5.33. The molecule has 0 bridgehead atoms. The fraction of sp³-hybridized carbons (Fsp3) is 0.455. The Hall–Kier alpha value is -0.980. The lowest BCUT2D eigenvalue weighted by molar-refractivity contribution is 0.514. The first-order chi connectivity index (χ1) is 7.97. The monoisotopic (exact) mass is 260 g/mol. The zero-order valence-corrected chi connectivity index (χ0v) is 10.7. The lowest BCUT2D eigenvalue weighted by Crippen LogP contribution is -2.32. The minimum absolute atomic E-state index is 0.140. The zero-order chi connectivity index (χ0) is 12.9. The third kappa shape index (κ3) is 4.07. The van der Waals surface area contributed by atoms with Gasteiger partial charge < -0.3 is 5.32 Å². The van der Waals surface area contributed by atoms with Crippen molar-refractivity contribution >= 4 is 10.0 Å². The molecule has 0 radical (unpaired) electrons. The first kappa shape index (κ1) is 14.1. The Morgan fingerprint density at radius 2 is 1.94 bits per heavy atom. The van der Waals surface area contributed by atoms with Crippen LogP contribution in [0, 0.1) is 11.7 Å². The fourth-order valence-corrected chi connectivity index (χ4v) is 2.65. The first-order valence-corrected chi connectivity index (χ1v) is 6.84. The molecule has 1 unspecified atom stereocenters. The molecule has 0 aliphatic carbocycles. The first-order valence-electron chi connectivity index (χ1n) is 5.36. The second-order valence-electron chi connectivity index (χ2n) is 3.95. The van der Waals surface area contributed by atoms with Gasteiger partial charge in [-0.05, 0) is 31.6 Å². The molecule has 1 aromatic carbocycles. The van der Waals surface area contributed by atoms with Gasteiger partial charge in [-0.1, -0.05) is 19.1 Å². The summed E-state index contributed by atoms with van der Waals surface area (Å²) in [5.41, 5.74) is 0.